The van der Waals surface area contributed by atoms with Crippen molar-refractivity contribution in [3.8, 4) is 0 Å². The number of carboxylic acids is 1. The molecule has 0 bridgehead atoms. The molecule has 0 saturated carbocycles. The van der Waals surface area contributed by atoms with Gasteiger partial charge < -0.3 is 20.1 Å². The van der Waals surface area contributed by atoms with Crippen molar-refractivity contribution in [1.29, 1.82) is 0 Å². The van der Waals surface area contributed by atoms with Gasteiger partial charge in [0.05, 0.1) is 36.4 Å². The fourth-order valence-corrected chi connectivity index (χ4v) is 1.99. The van der Waals surface area contributed by atoms with Gasteiger partial charge in [0, 0.05) is 5.39 Å². The van der Waals surface area contributed by atoms with E-state index in [2.05, 4.69) is 14.9 Å². The lowest BCUT2D eigenvalue weighted by Crippen LogP contribution is -2.22. The molecule has 0 radical (unpaired) electrons. The molecule has 4 N–H and O–H groups in total. The minimum Gasteiger partial charge on any atom is -0.481 e. The van der Waals surface area contributed by atoms with E-state index in [0.29, 0.717) is 16.5 Å². The number of nitrogens with one attached hydrogen (secondary N) is 1. The molecule has 0 saturated heterocycles. The Morgan fingerprint density at radius 3 is 2.71 bits per heavy atom. The number of aromatic amines is 1. The van der Waals surface area contributed by atoms with Gasteiger partial charge in [0.15, 0.2) is 0 Å². The highest BCUT2D eigenvalue weighted by atomic mass is 16.5. The molecular formula is C13H14N2O6. The number of rotatable bonds is 5. The average molecular weight is 294 g/mol. The van der Waals surface area contributed by atoms with Crippen molar-refractivity contribution >= 4 is 22.8 Å². The summed E-state index contributed by atoms with van der Waals surface area (Å²) in [7, 11) is 1.26. The first-order valence-electron chi connectivity index (χ1n) is 6.08. The number of carboxylic acid groups (broad SMARTS) is 1. The van der Waals surface area contributed by atoms with Gasteiger partial charge in [-0.2, -0.15) is 5.10 Å². The third-order valence-electron chi connectivity index (χ3n) is 3.05. The van der Waals surface area contributed by atoms with Crippen LogP contribution in [0.1, 0.15) is 28.6 Å². The highest BCUT2D eigenvalue weighted by Gasteiger charge is 2.25. The Morgan fingerprint density at radius 2 is 2.10 bits per heavy atom. The monoisotopic (exact) mass is 294 g/mol. The van der Waals surface area contributed by atoms with E-state index in [1.54, 1.807) is 0 Å². The van der Waals surface area contributed by atoms with Crippen LogP contribution in [0, 0.1) is 0 Å². The van der Waals surface area contributed by atoms with Crippen molar-refractivity contribution in [2.45, 2.75) is 18.6 Å². The van der Waals surface area contributed by atoms with E-state index >= 15 is 0 Å². The highest BCUT2D eigenvalue weighted by molar-refractivity contribution is 5.94. The normalized spacial score (nSPS) is 13.9. The standard InChI is InChI=1S/C13H14N2O6/c1-21-13(20)6-2-3-7-8(4-6)14-15-11(7)12(19)9(16)5-10(17)18/h2-4,9,12,16,19H,5H2,1H3,(H,14,15)(H,17,18). The van der Waals surface area contributed by atoms with Crippen LogP contribution in [0.4, 0.5) is 0 Å². The molecule has 8 heteroatoms. The minimum absolute atomic E-state index is 0.190. The predicted molar refractivity (Wildman–Crippen MR) is 70.7 cm³/mol. The number of aliphatic hydroxyl groups is 2. The number of ether oxygens (including phenoxy) is 1. The topological polar surface area (TPSA) is 133 Å². The van der Waals surface area contributed by atoms with Crippen molar-refractivity contribution in [3.63, 3.8) is 0 Å². The van der Waals surface area contributed by atoms with Crippen molar-refractivity contribution in [1.82, 2.24) is 10.2 Å². The Hall–Kier alpha value is -2.45. The van der Waals surface area contributed by atoms with Crippen LogP contribution in [0.2, 0.25) is 0 Å². The second-order valence-electron chi connectivity index (χ2n) is 4.47. The number of hydrogen-bond donors (Lipinski definition) is 4. The Kier molecular flexibility index (Phi) is 4.20. The fourth-order valence-electron chi connectivity index (χ4n) is 1.99. The Morgan fingerprint density at radius 1 is 1.38 bits per heavy atom. The summed E-state index contributed by atoms with van der Waals surface area (Å²) in [5, 5.41) is 35.2. The Balaban J connectivity index is 2.34. The maximum atomic E-state index is 11.4. The molecule has 1 heterocycles. The summed E-state index contributed by atoms with van der Waals surface area (Å²) in [6, 6.07) is 4.50. The maximum absolute atomic E-state index is 11.4. The van der Waals surface area contributed by atoms with Gasteiger partial charge in [0.25, 0.3) is 0 Å². The highest BCUT2D eigenvalue weighted by Crippen LogP contribution is 2.26. The number of hydrogen-bond acceptors (Lipinski definition) is 6. The van der Waals surface area contributed by atoms with E-state index in [0.717, 1.165) is 0 Å². The lowest BCUT2D eigenvalue weighted by Gasteiger charge is -2.14. The number of aliphatic hydroxyl groups excluding tert-OH is 2. The zero-order valence-electron chi connectivity index (χ0n) is 11.1. The van der Waals surface area contributed by atoms with Crippen LogP contribution in [-0.2, 0) is 9.53 Å². The molecule has 0 aliphatic heterocycles. The van der Waals surface area contributed by atoms with Gasteiger partial charge in [0.2, 0.25) is 0 Å². The third-order valence-corrected chi connectivity index (χ3v) is 3.05. The van der Waals surface area contributed by atoms with E-state index < -0.39 is 30.6 Å². The van der Waals surface area contributed by atoms with Crippen LogP contribution in [0.5, 0.6) is 0 Å². The SMILES string of the molecule is COC(=O)c1ccc2c(C(O)C(O)CC(=O)O)[nH]nc2c1. The number of fused-ring (bicyclic) bond motifs is 1. The first kappa shape index (κ1) is 14.9. The number of aromatic nitrogens is 2. The summed E-state index contributed by atoms with van der Waals surface area (Å²) in [6.07, 6.45) is -3.48. The van der Waals surface area contributed by atoms with E-state index in [1.807, 2.05) is 0 Å². The van der Waals surface area contributed by atoms with Gasteiger partial charge in [-0.15, -0.1) is 0 Å². The molecule has 2 unspecified atom stereocenters. The van der Waals surface area contributed by atoms with E-state index in [4.69, 9.17) is 5.11 Å². The van der Waals surface area contributed by atoms with Gasteiger partial charge >= 0.3 is 11.9 Å². The van der Waals surface area contributed by atoms with Gasteiger partial charge in [-0.1, -0.05) is 0 Å². The third kappa shape index (κ3) is 3.01. The molecule has 0 amide bonds. The number of nitrogens with zero attached hydrogens (tertiary/aromatic N) is 1. The zero-order chi connectivity index (χ0) is 15.6. The maximum Gasteiger partial charge on any atom is 0.337 e. The van der Waals surface area contributed by atoms with E-state index in [1.165, 1.54) is 25.3 Å². The molecule has 1 aromatic carbocycles. The largest absolute Gasteiger partial charge is 0.481 e. The minimum atomic E-state index is -1.47. The first-order valence-corrected chi connectivity index (χ1v) is 6.08. The van der Waals surface area contributed by atoms with Crippen LogP contribution >= 0.6 is 0 Å². The first-order chi connectivity index (χ1) is 9.93. The van der Waals surface area contributed by atoms with Crippen molar-refractivity contribution in [2.75, 3.05) is 7.11 Å². The molecule has 2 atom stereocenters. The predicted octanol–water partition coefficient (Wildman–Crippen LogP) is 0.218. The summed E-state index contributed by atoms with van der Waals surface area (Å²) >= 11 is 0. The summed E-state index contributed by atoms with van der Waals surface area (Å²) in [4.78, 5) is 22.0. The molecule has 112 valence electrons. The van der Waals surface area contributed by atoms with Gasteiger partial charge in [-0.3, -0.25) is 9.89 Å². The lowest BCUT2D eigenvalue weighted by atomic mass is 10.0. The van der Waals surface area contributed by atoms with Crippen LogP contribution in [-0.4, -0.2) is 50.7 Å². The number of carbonyl (C=O) groups is 2. The number of carbonyl (C=O) groups excluding carboxylic acids is 1. The van der Waals surface area contributed by atoms with Gasteiger partial charge in [0.1, 0.15) is 6.10 Å². The molecule has 8 nitrogen and oxygen atoms in total. The van der Waals surface area contributed by atoms with Gasteiger partial charge in [-0.05, 0) is 18.2 Å². The average Bonchev–Trinajstić information content (AvgIpc) is 2.87. The summed E-state index contributed by atoms with van der Waals surface area (Å²) in [5.74, 6) is -1.74. The van der Waals surface area contributed by atoms with E-state index in [-0.39, 0.29) is 5.69 Å². The lowest BCUT2D eigenvalue weighted by molar-refractivity contribution is -0.141. The zero-order valence-corrected chi connectivity index (χ0v) is 11.1. The van der Waals surface area contributed by atoms with Crippen LogP contribution in [0.15, 0.2) is 18.2 Å². The Labute approximate surface area is 119 Å². The summed E-state index contributed by atoms with van der Waals surface area (Å²) < 4.78 is 4.59. The van der Waals surface area contributed by atoms with Gasteiger partial charge in [-0.25, -0.2) is 4.79 Å². The number of aliphatic carboxylic acids is 1. The number of methoxy groups -OCH3 is 1. The van der Waals surface area contributed by atoms with Crippen molar-refractivity contribution in [2.24, 2.45) is 0 Å². The number of H-pyrrole nitrogens is 1. The second kappa shape index (κ2) is 5.90. The van der Waals surface area contributed by atoms with Crippen molar-refractivity contribution in [3.05, 3.63) is 29.5 Å². The van der Waals surface area contributed by atoms with Crippen molar-refractivity contribution < 1.29 is 29.6 Å². The summed E-state index contributed by atoms with van der Waals surface area (Å²) in [5.41, 5.74) is 0.883. The molecule has 21 heavy (non-hydrogen) atoms. The Bertz CT molecular complexity index is 680. The quantitative estimate of drug-likeness (QED) is 0.580. The van der Waals surface area contributed by atoms with E-state index in [9.17, 15) is 19.8 Å². The molecule has 2 aromatic rings. The number of benzene rings is 1. The van der Waals surface area contributed by atoms with Crippen LogP contribution < -0.4 is 0 Å². The fraction of sp³-hybridized carbons (Fsp3) is 0.308. The molecule has 0 aliphatic carbocycles. The molecule has 2 rings (SSSR count). The van der Waals surface area contributed by atoms with Crippen LogP contribution in [0.3, 0.4) is 0 Å². The molecule has 1 aromatic heterocycles. The molecule has 0 spiro atoms. The number of esters is 1. The molecular weight excluding hydrogens is 280 g/mol. The smallest absolute Gasteiger partial charge is 0.337 e. The molecule has 0 fully saturated rings. The second-order valence-corrected chi connectivity index (χ2v) is 4.47. The summed E-state index contributed by atoms with van der Waals surface area (Å²) in [6.45, 7) is 0. The van der Waals surface area contributed by atoms with Crippen LogP contribution in [0.25, 0.3) is 10.9 Å². The molecule has 0 aliphatic rings.